The molecule has 0 aliphatic carbocycles. The molecule has 0 fully saturated rings. The van der Waals surface area contributed by atoms with Crippen LogP contribution in [0.5, 0.6) is 0 Å². The first-order chi connectivity index (χ1) is 14.7. The van der Waals surface area contributed by atoms with Crippen molar-refractivity contribution >= 4 is 44.1 Å². The average molecular weight is 414 g/mol. The number of H-pyrrole nitrogens is 1. The highest BCUT2D eigenvalue weighted by atomic mass is 32.1. The number of benzene rings is 1. The van der Waals surface area contributed by atoms with Crippen LogP contribution < -0.4 is 11.1 Å². The number of para-hydroxylation sites is 1. The van der Waals surface area contributed by atoms with E-state index in [0.29, 0.717) is 17.1 Å². The van der Waals surface area contributed by atoms with E-state index >= 15 is 0 Å². The number of nitrogens with zero attached hydrogens (tertiary/aromatic N) is 2. The van der Waals surface area contributed by atoms with E-state index in [2.05, 4.69) is 26.3 Å². The Labute approximate surface area is 176 Å². The molecule has 0 radical (unpaired) electrons. The number of carbonyl (C=O) groups excluding carboxylic acids is 1. The zero-order chi connectivity index (χ0) is 20.5. The number of amides is 1. The van der Waals surface area contributed by atoms with Crippen LogP contribution in [-0.4, -0.2) is 27.4 Å². The minimum atomic E-state index is -0.168. The average Bonchev–Trinajstić information content (AvgIpc) is 3.35. The number of nitrogen functional groups attached to an aromatic ring is 1. The molecule has 1 amide bonds. The number of hydrogen-bond donors (Lipinski definition) is 3. The highest BCUT2D eigenvalue weighted by molar-refractivity contribution is 7.21. The van der Waals surface area contributed by atoms with Crippen LogP contribution in [0.25, 0.3) is 32.4 Å². The van der Waals surface area contributed by atoms with E-state index in [0.717, 1.165) is 33.4 Å². The van der Waals surface area contributed by atoms with Crippen LogP contribution in [0.2, 0.25) is 0 Å². The quantitative estimate of drug-likeness (QED) is 0.398. The Morgan fingerprint density at radius 3 is 2.87 bits per heavy atom. The summed E-state index contributed by atoms with van der Waals surface area (Å²) in [6.07, 6.45) is 6.23. The highest BCUT2D eigenvalue weighted by Gasteiger charge is 2.17. The van der Waals surface area contributed by atoms with Gasteiger partial charge in [0.1, 0.15) is 9.71 Å². The van der Waals surface area contributed by atoms with E-state index in [1.54, 1.807) is 12.4 Å². The molecule has 0 bridgehead atoms. The van der Waals surface area contributed by atoms with Gasteiger partial charge in [0.15, 0.2) is 0 Å². The molecule has 0 aliphatic rings. The number of pyridine rings is 2. The molecule has 4 N–H and O–H groups in total. The van der Waals surface area contributed by atoms with Crippen molar-refractivity contribution in [2.45, 2.75) is 6.42 Å². The maximum atomic E-state index is 12.8. The minimum Gasteiger partial charge on any atom is -0.397 e. The predicted molar refractivity (Wildman–Crippen MR) is 122 cm³/mol. The number of nitrogens with one attached hydrogen (secondary N) is 2. The number of aromatic nitrogens is 3. The fourth-order valence-electron chi connectivity index (χ4n) is 3.57. The molecule has 4 aromatic heterocycles. The lowest BCUT2D eigenvalue weighted by Gasteiger charge is -2.04. The van der Waals surface area contributed by atoms with E-state index < -0.39 is 0 Å². The first-order valence-electron chi connectivity index (χ1n) is 9.63. The minimum absolute atomic E-state index is 0.168. The summed E-state index contributed by atoms with van der Waals surface area (Å²) in [6, 6.07) is 15.8. The van der Waals surface area contributed by atoms with Gasteiger partial charge in [-0.3, -0.25) is 9.78 Å². The predicted octanol–water partition coefficient (Wildman–Crippen LogP) is 4.39. The number of anilines is 1. The van der Waals surface area contributed by atoms with E-state index in [1.807, 2.05) is 48.7 Å². The fourth-order valence-corrected chi connectivity index (χ4v) is 4.58. The van der Waals surface area contributed by atoms with Crippen molar-refractivity contribution < 1.29 is 4.79 Å². The second-order valence-corrected chi connectivity index (χ2v) is 8.00. The number of aromatic amines is 1. The summed E-state index contributed by atoms with van der Waals surface area (Å²) in [5.41, 5.74) is 10.8. The van der Waals surface area contributed by atoms with Gasteiger partial charge >= 0.3 is 0 Å². The van der Waals surface area contributed by atoms with E-state index in [-0.39, 0.29) is 5.91 Å². The highest BCUT2D eigenvalue weighted by Crippen LogP contribution is 2.34. The fraction of sp³-hybridized carbons (Fsp3) is 0.0870. The molecule has 1 aromatic carbocycles. The normalized spacial score (nSPS) is 11.2. The topological polar surface area (TPSA) is 96.7 Å². The summed E-state index contributed by atoms with van der Waals surface area (Å²) in [7, 11) is 0. The summed E-state index contributed by atoms with van der Waals surface area (Å²) < 4.78 is 0. The van der Waals surface area contributed by atoms with E-state index in [9.17, 15) is 4.79 Å². The number of carbonyl (C=O) groups is 1. The summed E-state index contributed by atoms with van der Waals surface area (Å²) in [4.78, 5) is 26.1. The molecule has 5 rings (SSSR count). The second-order valence-electron chi connectivity index (χ2n) is 7.00. The molecule has 0 atom stereocenters. The van der Waals surface area contributed by atoms with Crippen molar-refractivity contribution in [2.24, 2.45) is 0 Å². The molecule has 148 valence electrons. The third-order valence-corrected chi connectivity index (χ3v) is 6.23. The second kappa shape index (κ2) is 7.61. The van der Waals surface area contributed by atoms with Gasteiger partial charge in [0.25, 0.3) is 5.91 Å². The monoisotopic (exact) mass is 413 g/mol. The van der Waals surface area contributed by atoms with Crippen LogP contribution in [0.4, 0.5) is 5.69 Å². The Bertz CT molecular complexity index is 1360. The van der Waals surface area contributed by atoms with Gasteiger partial charge in [-0.1, -0.05) is 18.2 Å². The van der Waals surface area contributed by atoms with Crippen molar-refractivity contribution in [1.29, 1.82) is 0 Å². The standard InChI is InChI=1S/C23H19N5OS/c24-20-17-7-8-18(15-4-3-10-25-12-15)28-23(17)30-21(20)22(29)26-11-9-14-13-27-19-6-2-1-5-16(14)19/h1-8,10,12-13,27H,9,11,24H2,(H,26,29). The van der Waals surface area contributed by atoms with Crippen LogP contribution >= 0.6 is 11.3 Å². The number of thiophene rings is 1. The largest absolute Gasteiger partial charge is 0.397 e. The van der Waals surface area contributed by atoms with Gasteiger partial charge in [0.2, 0.25) is 0 Å². The van der Waals surface area contributed by atoms with E-state index in [1.165, 1.54) is 22.3 Å². The van der Waals surface area contributed by atoms with Crippen molar-refractivity contribution in [3.63, 3.8) is 0 Å². The van der Waals surface area contributed by atoms with Gasteiger partial charge in [-0.15, -0.1) is 11.3 Å². The Morgan fingerprint density at radius 2 is 2.00 bits per heavy atom. The molecule has 0 saturated heterocycles. The van der Waals surface area contributed by atoms with Crippen molar-refractivity contribution in [3.8, 4) is 11.3 Å². The maximum absolute atomic E-state index is 12.8. The Balaban J connectivity index is 1.33. The van der Waals surface area contributed by atoms with Crippen LogP contribution in [0.1, 0.15) is 15.2 Å². The lowest BCUT2D eigenvalue weighted by molar-refractivity contribution is 0.0959. The molecule has 0 spiro atoms. The molecule has 7 heteroatoms. The molecule has 4 heterocycles. The van der Waals surface area contributed by atoms with Gasteiger partial charge in [-0.25, -0.2) is 4.98 Å². The van der Waals surface area contributed by atoms with Crippen molar-refractivity contribution in [3.05, 3.63) is 77.6 Å². The maximum Gasteiger partial charge on any atom is 0.263 e. The van der Waals surface area contributed by atoms with Gasteiger partial charge in [-0.05, 0) is 42.3 Å². The lowest BCUT2D eigenvalue weighted by atomic mass is 10.1. The molecule has 0 unspecified atom stereocenters. The summed E-state index contributed by atoms with van der Waals surface area (Å²) in [5.74, 6) is -0.168. The number of hydrogen-bond acceptors (Lipinski definition) is 5. The van der Waals surface area contributed by atoms with Gasteiger partial charge in [0, 0.05) is 47.0 Å². The Morgan fingerprint density at radius 1 is 1.10 bits per heavy atom. The number of rotatable bonds is 5. The van der Waals surface area contributed by atoms with Crippen LogP contribution in [-0.2, 0) is 6.42 Å². The molecule has 0 aliphatic heterocycles. The molecular weight excluding hydrogens is 394 g/mol. The van der Waals surface area contributed by atoms with Crippen LogP contribution in [0.3, 0.4) is 0 Å². The smallest absolute Gasteiger partial charge is 0.263 e. The van der Waals surface area contributed by atoms with Crippen LogP contribution in [0.15, 0.2) is 67.1 Å². The molecule has 0 saturated carbocycles. The first kappa shape index (κ1) is 18.3. The molecule has 5 aromatic rings. The number of fused-ring (bicyclic) bond motifs is 2. The van der Waals surface area contributed by atoms with Gasteiger partial charge in [0.05, 0.1) is 11.4 Å². The molecule has 30 heavy (non-hydrogen) atoms. The van der Waals surface area contributed by atoms with Crippen molar-refractivity contribution in [2.75, 3.05) is 12.3 Å². The zero-order valence-electron chi connectivity index (χ0n) is 16.1. The van der Waals surface area contributed by atoms with Gasteiger partial charge in [-0.2, -0.15) is 0 Å². The summed E-state index contributed by atoms with van der Waals surface area (Å²) >= 11 is 1.32. The van der Waals surface area contributed by atoms with E-state index in [4.69, 9.17) is 5.73 Å². The SMILES string of the molecule is Nc1c(C(=O)NCCc2c[nH]c3ccccc23)sc2nc(-c3cccnc3)ccc12. The van der Waals surface area contributed by atoms with Crippen molar-refractivity contribution in [1.82, 2.24) is 20.3 Å². The summed E-state index contributed by atoms with van der Waals surface area (Å²) in [6.45, 7) is 0.530. The molecule has 6 nitrogen and oxygen atoms in total. The zero-order valence-corrected chi connectivity index (χ0v) is 16.9. The Kier molecular flexibility index (Phi) is 4.65. The Hall–Kier alpha value is -3.71. The number of nitrogens with two attached hydrogens (primary N) is 1. The third kappa shape index (κ3) is 3.29. The van der Waals surface area contributed by atoms with Gasteiger partial charge < -0.3 is 16.0 Å². The summed E-state index contributed by atoms with van der Waals surface area (Å²) in [5, 5.41) is 4.97. The first-order valence-corrected chi connectivity index (χ1v) is 10.4. The lowest BCUT2D eigenvalue weighted by Crippen LogP contribution is -2.25. The van der Waals surface area contributed by atoms with Crippen LogP contribution in [0, 0.1) is 0 Å². The molecular formula is C23H19N5OS. The third-order valence-electron chi connectivity index (χ3n) is 5.11.